The second-order valence-electron chi connectivity index (χ2n) is 9.48. The van der Waals surface area contributed by atoms with Gasteiger partial charge in [-0.15, -0.1) is 0 Å². The zero-order valence-corrected chi connectivity index (χ0v) is 23.8. The summed E-state index contributed by atoms with van der Waals surface area (Å²) in [4.78, 5) is 59.5. The molecule has 0 saturated carbocycles. The Morgan fingerprint density at radius 1 is 0.667 bits per heavy atom. The van der Waals surface area contributed by atoms with Crippen molar-refractivity contribution >= 4 is 29.8 Å². The van der Waals surface area contributed by atoms with Crippen molar-refractivity contribution in [1.82, 2.24) is 0 Å². The Bertz CT molecular complexity index is 1230. The van der Waals surface area contributed by atoms with Crippen LogP contribution in [0.15, 0.2) is 54.6 Å². The molecule has 12 nitrogen and oxygen atoms in total. The molecule has 0 unspecified atom stereocenters. The van der Waals surface area contributed by atoms with Crippen LogP contribution in [0.2, 0.25) is 0 Å². The second kappa shape index (κ2) is 15.5. The van der Waals surface area contributed by atoms with Gasteiger partial charge in [-0.1, -0.05) is 42.5 Å². The van der Waals surface area contributed by atoms with Crippen molar-refractivity contribution in [2.45, 2.75) is 77.8 Å². The van der Waals surface area contributed by atoms with Gasteiger partial charge in [-0.2, -0.15) is 0 Å². The van der Waals surface area contributed by atoms with E-state index in [2.05, 4.69) is 0 Å². The minimum Gasteiger partial charge on any atom is -0.463 e. The minimum atomic E-state index is -1.34. The molecule has 226 valence electrons. The molecule has 3 rings (SSSR count). The van der Waals surface area contributed by atoms with Gasteiger partial charge in [0.25, 0.3) is 0 Å². The van der Waals surface area contributed by atoms with E-state index in [0.717, 1.165) is 31.9 Å². The number of esters is 5. The van der Waals surface area contributed by atoms with Gasteiger partial charge >= 0.3 is 29.8 Å². The average molecular weight is 587 g/mol. The summed E-state index contributed by atoms with van der Waals surface area (Å²) in [5.41, 5.74) is 1.73. The third-order valence-corrected chi connectivity index (χ3v) is 5.98. The monoisotopic (exact) mass is 586 g/mol. The van der Waals surface area contributed by atoms with Crippen molar-refractivity contribution < 1.29 is 57.1 Å². The van der Waals surface area contributed by atoms with Gasteiger partial charge in [-0.3, -0.25) is 24.0 Å². The van der Waals surface area contributed by atoms with Crippen molar-refractivity contribution in [2.75, 3.05) is 6.61 Å². The molecule has 1 aliphatic rings. The number of ether oxygens (including phenoxy) is 7. The third-order valence-electron chi connectivity index (χ3n) is 5.98. The molecule has 1 saturated heterocycles. The van der Waals surface area contributed by atoms with E-state index in [0.29, 0.717) is 12.2 Å². The fourth-order valence-electron chi connectivity index (χ4n) is 4.21. The van der Waals surface area contributed by atoms with E-state index < -0.39 is 54.6 Å². The van der Waals surface area contributed by atoms with Gasteiger partial charge in [0.05, 0.1) is 0 Å². The van der Waals surface area contributed by atoms with Crippen molar-refractivity contribution in [1.29, 1.82) is 0 Å². The Balaban J connectivity index is 1.72. The van der Waals surface area contributed by atoms with Crippen LogP contribution in [0.1, 0.15) is 45.2 Å². The number of carbonyl (C=O) groups is 5. The third kappa shape index (κ3) is 10.2. The molecular formula is C30H34O12. The van der Waals surface area contributed by atoms with Gasteiger partial charge in [-0.25, -0.2) is 0 Å². The van der Waals surface area contributed by atoms with Crippen LogP contribution in [0.4, 0.5) is 0 Å². The first kappa shape index (κ1) is 32.1. The van der Waals surface area contributed by atoms with Gasteiger partial charge < -0.3 is 33.2 Å². The zero-order chi connectivity index (χ0) is 30.6. The van der Waals surface area contributed by atoms with Gasteiger partial charge in [-0.05, 0) is 29.7 Å². The summed E-state index contributed by atoms with van der Waals surface area (Å²) in [6.07, 6.45) is -5.83. The smallest absolute Gasteiger partial charge is 0.306 e. The van der Waals surface area contributed by atoms with Crippen molar-refractivity contribution in [3.63, 3.8) is 0 Å². The van der Waals surface area contributed by atoms with E-state index >= 15 is 0 Å². The van der Waals surface area contributed by atoms with E-state index in [4.69, 9.17) is 33.2 Å². The van der Waals surface area contributed by atoms with Gasteiger partial charge in [0.15, 0.2) is 12.2 Å². The lowest BCUT2D eigenvalue weighted by molar-refractivity contribution is -0.288. The van der Waals surface area contributed by atoms with E-state index in [9.17, 15) is 24.0 Å². The molecule has 5 atom stereocenters. The topological polar surface area (TPSA) is 150 Å². The van der Waals surface area contributed by atoms with Crippen LogP contribution in [-0.2, 0) is 65.4 Å². The van der Waals surface area contributed by atoms with Crippen molar-refractivity contribution in [3.05, 3.63) is 65.7 Å². The van der Waals surface area contributed by atoms with Crippen LogP contribution in [-0.4, -0.2) is 67.2 Å². The lowest BCUT2D eigenvalue weighted by Gasteiger charge is -2.43. The first-order chi connectivity index (χ1) is 20.0. The van der Waals surface area contributed by atoms with Crippen LogP contribution in [0, 0.1) is 0 Å². The fraction of sp³-hybridized carbons (Fsp3) is 0.433. The van der Waals surface area contributed by atoms with Crippen molar-refractivity contribution in [2.24, 2.45) is 0 Å². The number of benzene rings is 2. The molecule has 0 aliphatic carbocycles. The summed E-state index contributed by atoms with van der Waals surface area (Å²) in [5, 5.41) is 0. The first-order valence-corrected chi connectivity index (χ1v) is 13.3. The molecule has 2 aromatic rings. The maximum absolute atomic E-state index is 12.2. The highest BCUT2D eigenvalue weighted by atomic mass is 16.7. The summed E-state index contributed by atoms with van der Waals surface area (Å²) in [7, 11) is 0. The van der Waals surface area contributed by atoms with Crippen molar-refractivity contribution in [3.8, 4) is 5.75 Å². The maximum Gasteiger partial charge on any atom is 0.306 e. The number of hydrogen-bond donors (Lipinski definition) is 0. The van der Waals surface area contributed by atoms with Gasteiger partial charge in [0.1, 0.15) is 25.1 Å². The summed E-state index contributed by atoms with van der Waals surface area (Å²) >= 11 is 0. The molecule has 0 amide bonds. The first-order valence-electron chi connectivity index (χ1n) is 13.3. The molecule has 0 spiro atoms. The summed E-state index contributed by atoms with van der Waals surface area (Å²) in [5.74, 6) is -2.86. The molecule has 1 heterocycles. The molecule has 1 fully saturated rings. The fourth-order valence-corrected chi connectivity index (χ4v) is 4.21. The van der Waals surface area contributed by atoms with E-state index in [1.165, 1.54) is 6.92 Å². The lowest BCUT2D eigenvalue weighted by Crippen LogP contribution is -2.63. The maximum atomic E-state index is 12.2. The Labute approximate surface area is 243 Å². The van der Waals surface area contributed by atoms with E-state index in [1.54, 1.807) is 24.3 Å². The Morgan fingerprint density at radius 3 is 1.86 bits per heavy atom. The van der Waals surface area contributed by atoms with Crippen LogP contribution in [0.3, 0.4) is 0 Å². The molecule has 0 radical (unpaired) electrons. The van der Waals surface area contributed by atoms with Gasteiger partial charge in [0.2, 0.25) is 12.4 Å². The zero-order valence-electron chi connectivity index (χ0n) is 23.8. The van der Waals surface area contributed by atoms with Crippen LogP contribution in [0.5, 0.6) is 5.75 Å². The SMILES string of the molecule is CC(=O)OC[C@H]1O[C@H](Oc2ccc(CCC(=O)OCc3ccccc3)cc2)[C@@H](OC(C)=O)[C@@H](OC(C)=O)[C@@H]1OC(C)=O. The number of aryl methyl sites for hydroxylation is 1. The molecule has 42 heavy (non-hydrogen) atoms. The highest BCUT2D eigenvalue weighted by Crippen LogP contribution is 2.31. The summed E-state index contributed by atoms with van der Waals surface area (Å²) in [6, 6.07) is 16.1. The van der Waals surface area contributed by atoms with E-state index in [-0.39, 0.29) is 25.6 Å². The molecule has 1 aliphatic heterocycles. The van der Waals surface area contributed by atoms with Crippen LogP contribution >= 0.6 is 0 Å². The standard InChI is InChI=1S/C30H34O12/c1-18(31)36-17-25-27(38-19(2)32)28(39-20(3)33)29(40-21(4)34)30(42-25)41-24-13-10-22(11-14-24)12-15-26(35)37-16-23-8-6-5-7-9-23/h5-11,13-14,25,27-30H,12,15-17H2,1-4H3/t25-,27-,28+,29+,30+/m1/s1. The van der Waals surface area contributed by atoms with Crippen LogP contribution < -0.4 is 4.74 Å². The lowest BCUT2D eigenvalue weighted by atomic mass is 9.98. The molecule has 2 aromatic carbocycles. The van der Waals surface area contributed by atoms with Crippen LogP contribution in [0.25, 0.3) is 0 Å². The second-order valence-corrected chi connectivity index (χ2v) is 9.48. The largest absolute Gasteiger partial charge is 0.463 e. The van der Waals surface area contributed by atoms with E-state index in [1.807, 2.05) is 30.3 Å². The summed E-state index contributed by atoms with van der Waals surface area (Å²) in [6.45, 7) is 4.44. The predicted octanol–water partition coefficient (Wildman–Crippen LogP) is 2.82. The Kier molecular flexibility index (Phi) is 11.9. The minimum absolute atomic E-state index is 0.173. The molecule has 0 bridgehead atoms. The Morgan fingerprint density at radius 2 is 1.26 bits per heavy atom. The Hall–Kier alpha value is -4.45. The summed E-state index contributed by atoms with van der Waals surface area (Å²) < 4.78 is 38.5. The normalized spacial score (nSPS) is 21.4. The molecule has 0 aromatic heterocycles. The van der Waals surface area contributed by atoms with Gasteiger partial charge in [0, 0.05) is 34.1 Å². The number of carbonyl (C=O) groups excluding carboxylic acids is 5. The quantitative estimate of drug-likeness (QED) is 0.266. The average Bonchev–Trinajstić information content (AvgIpc) is 2.93. The highest BCUT2D eigenvalue weighted by molar-refractivity contribution is 5.70. The number of hydrogen-bond acceptors (Lipinski definition) is 12. The number of rotatable bonds is 12. The molecular weight excluding hydrogens is 552 g/mol. The highest BCUT2D eigenvalue weighted by Gasteiger charge is 2.53. The predicted molar refractivity (Wildman–Crippen MR) is 144 cm³/mol. The molecule has 0 N–H and O–H groups in total. The molecule has 12 heteroatoms.